The summed E-state index contributed by atoms with van der Waals surface area (Å²) in [5, 5.41) is 26.3. The van der Waals surface area contributed by atoms with Gasteiger partial charge in [-0.2, -0.15) is 5.10 Å². The van der Waals surface area contributed by atoms with Gasteiger partial charge >= 0.3 is 0 Å². The molecule has 1 amide bonds. The fourth-order valence-corrected chi connectivity index (χ4v) is 4.68. The van der Waals surface area contributed by atoms with E-state index >= 15 is 0 Å². The van der Waals surface area contributed by atoms with Crippen LogP contribution in [0.5, 0.6) is 5.75 Å². The van der Waals surface area contributed by atoms with Crippen molar-refractivity contribution >= 4 is 41.2 Å². The van der Waals surface area contributed by atoms with Gasteiger partial charge in [-0.1, -0.05) is 47.3 Å². The van der Waals surface area contributed by atoms with Gasteiger partial charge in [-0.15, -0.1) is 10.2 Å². The second kappa shape index (κ2) is 12.5. The summed E-state index contributed by atoms with van der Waals surface area (Å²) in [5.74, 6) is 0.252. The third-order valence-corrected chi connectivity index (χ3v) is 6.93. The number of aromatic nitrogens is 3. The molecule has 2 N–H and O–H groups in total. The lowest BCUT2D eigenvalue weighted by Crippen LogP contribution is -3.06. The maximum atomic E-state index is 12.5. The van der Waals surface area contributed by atoms with Crippen molar-refractivity contribution in [2.45, 2.75) is 19.0 Å². The predicted molar refractivity (Wildman–Crippen MR) is 146 cm³/mol. The van der Waals surface area contributed by atoms with Crippen LogP contribution >= 0.6 is 23.4 Å². The molecule has 37 heavy (non-hydrogen) atoms. The molecule has 1 aromatic heterocycles. The van der Waals surface area contributed by atoms with Gasteiger partial charge in [-0.3, -0.25) is 9.36 Å². The summed E-state index contributed by atoms with van der Waals surface area (Å²) >= 11 is 7.29. The van der Waals surface area contributed by atoms with Gasteiger partial charge in [0.2, 0.25) is 0 Å². The minimum atomic E-state index is -0.325. The Balaban J connectivity index is 1.44. The standard InChI is InChI=1S/C27H27ClN6O2S/c1-3-33(4-2)23-15-12-20(24(35)16-23)17-29-30-25(36)18-37-27-32-31-26(19-10-13-21(28)14-11-19)34(27)22-8-6-5-7-9-22/h5-17,35H,3-4,18H2,1-2H3,(H,30,36). The topological polar surface area (TPSA) is 99.7 Å². The van der Waals surface area contributed by atoms with Crippen LogP contribution in [0.4, 0.5) is 5.69 Å². The number of hydrogen-bond acceptors (Lipinski definition) is 6. The lowest BCUT2D eigenvalue weighted by molar-refractivity contribution is -0.828. The van der Waals surface area contributed by atoms with Crippen molar-refractivity contribution < 1.29 is 14.8 Å². The van der Waals surface area contributed by atoms with Crippen molar-refractivity contribution in [3.63, 3.8) is 0 Å². The number of carbonyl (C=O) groups is 1. The molecule has 0 radical (unpaired) electrons. The Morgan fingerprint density at radius 1 is 1.08 bits per heavy atom. The first-order valence-corrected chi connectivity index (χ1v) is 13.2. The van der Waals surface area contributed by atoms with Crippen LogP contribution in [0.2, 0.25) is 5.02 Å². The Kier molecular flexibility index (Phi) is 8.95. The van der Waals surface area contributed by atoms with Crippen LogP contribution in [0.25, 0.3) is 17.1 Å². The summed E-state index contributed by atoms with van der Waals surface area (Å²) in [6.07, 6.45) is 1.37. The number of nitrogens with zero attached hydrogens (tertiary/aromatic N) is 4. The average molecular weight is 535 g/mol. The van der Waals surface area contributed by atoms with E-state index in [4.69, 9.17) is 11.6 Å². The first-order valence-electron chi connectivity index (χ1n) is 11.9. The predicted octanol–water partition coefficient (Wildman–Crippen LogP) is 3.46. The Bertz CT molecular complexity index is 1370. The highest BCUT2D eigenvalue weighted by atomic mass is 35.5. The zero-order valence-electron chi connectivity index (χ0n) is 20.5. The number of amides is 1. The number of rotatable bonds is 10. The Hall–Kier alpha value is -3.66. The third-order valence-electron chi connectivity index (χ3n) is 5.75. The Morgan fingerprint density at radius 3 is 2.49 bits per heavy atom. The summed E-state index contributed by atoms with van der Waals surface area (Å²) in [7, 11) is 0. The van der Waals surface area contributed by atoms with Gasteiger partial charge in [0.25, 0.3) is 5.91 Å². The molecular weight excluding hydrogens is 508 g/mol. The summed E-state index contributed by atoms with van der Waals surface area (Å²) in [5.41, 5.74) is 5.58. The summed E-state index contributed by atoms with van der Waals surface area (Å²) in [6, 6.07) is 22.3. The molecule has 0 spiro atoms. The number of para-hydroxylation sites is 1. The summed E-state index contributed by atoms with van der Waals surface area (Å²) in [4.78, 5) is 13.7. The minimum Gasteiger partial charge on any atom is -0.872 e. The highest BCUT2D eigenvalue weighted by molar-refractivity contribution is 7.99. The van der Waals surface area contributed by atoms with Crippen LogP contribution in [-0.4, -0.2) is 45.7 Å². The van der Waals surface area contributed by atoms with E-state index in [1.807, 2.05) is 53.1 Å². The quantitative estimate of drug-likeness (QED) is 0.184. The van der Waals surface area contributed by atoms with Crippen molar-refractivity contribution in [1.82, 2.24) is 20.2 Å². The molecule has 4 aromatic rings. The second-order valence-electron chi connectivity index (χ2n) is 8.13. The number of nitrogens with one attached hydrogen (secondary N) is 2. The highest BCUT2D eigenvalue weighted by Crippen LogP contribution is 2.28. The highest BCUT2D eigenvalue weighted by Gasteiger charge is 2.17. The molecule has 4 rings (SSSR count). The molecule has 0 saturated heterocycles. The van der Waals surface area contributed by atoms with Crippen molar-refractivity contribution in [2.75, 3.05) is 18.8 Å². The molecule has 0 unspecified atom stereocenters. The van der Waals surface area contributed by atoms with Gasteiger partial charge < -0.3 is 10.0 Å². The molecule has 1 heterocycles. The molecule has 0 saturated carbocycles. The monoisotopic (exact) mass is 534 g/mol. The normalized spacial score (nSPS) is 11.4. The van der Waals surface area contributed by atoms with E-state index in [-0.39, 0.29) is 17.4 Å². The molecule has 10 heteroatoms. The number of halogens is 1. The van der Waals surface area contributed by atoms with Gasteiger partial charge in [-0.05, 0) is 74.0 Å². The second-order valence-corrected chi connectivity index (χ2v) is 9.51. The SMILES string of the molecule is CC[NH+](CC)c1ccc(C=NNC(=O)CSc2nnc(-c3ccc(Cl)cc3)n2-c2ccccc2)c([O-])c1. The molecular formula is C27H27ClN6O2S. The van der Waals surface area contributed by atoms with E-state index in [2.05, 4.69) is 34.6 Å². The van der Waals surface area contributed by atoms with Crippen LogP contribution in [0, 0.1) is 0 Å². The van der Waals surface area contributed by atoms with Crippen LogP contribution < -0.4 is 15.4 Å². The zero-order valence-corrected chi connectivity index (χ0v) is 22.1. The molecule has 0 aliphatic carbocycles. The molecule has 190 valence electrons. The summed E-state index contributed by atoms with van der Waals surface area (Å²) in [6.45, 7) is 5.95. The van der Waals surface area contributed by atoms with Gasteiger partial charge in [0.1, 0.15) is 5.69 Å². The van der Waals surface area contributed by atoms with E-state index in [1.54, 1.807) is 24.3 Å². The van der Waals surface area contributed by atoms with Crippen LogP contribution in [0.15, 0.2) is 83.1 Å². The molecule has 0 atom stereocenters. The zero-order chi connectivity index (χ0) is 26.2. The van der Waals surface area contributed by atoms with Crippen molar-refractivity contribution in [3.05, 3.63) is 83.4 Å². The minimum absolute atomic E-state index is 0.0669. The fraction of sp³-hybridized carbons (Fsp3) is 0.185. The smallest absolute Gasteiger partial charge is 0.250 e. The van der Waals surface area contributed by atoms with E-state index in [9.17, 15) is 9.90 Å². The Labute approximate surface area is 225 Å². The largest absolute Gasteiger partial charge is 0.872 e. The van der Waals surface area contributed by atoms with Gasteiger partial charge in [0.15, 0.2) is 11.0 Å². The Morgan fingerprint density at radius 2 is 1.81 bits per heavy atom. The van der Waals surface area contributed by atoms with E-state index in [0.29, 0.717) is 21.6 Å². The first kappa shape index (κ1) is 26.4. The van der Waals surface area contributed by atoms with Gasteiger partial charge in [-0.25, -0.2) is 5.43 Å². The number of quaternary nitrogens is 1. The number of benzene rings is 3. The summed E-state index contributed by atoms with van der Waals surface area (Å²) < 4.78 is 1.90. The lowest BCUT2D eigenvalue weighted by atomic mass is 10.2. The molecule has 0 bridgehead atoms. The maximum Gasteiger partial charge on any atom is 0.250 e. The maximum absolute atomic E-state index is 12.5. The fourth-order valence-electron chi connectivity index (χ4n) is 3.81. The third kappa shape index (κ3) is 6.56. The molecule has 8 nitrogen and oxygen atoms in total. The number of thioether (sulfide) groups is 1. The van der Waals surface area contributed by atoms with Crippen LogP contribution in [0.3, 0.4) is 0 Å². The van der Waals surface area contributed by atoms with Crippen molar-refractivity contribution in [2.24, 2.45) is 5.10 Å². The van der Waals surface area contributed by atoms with Crippen molar-refractivity contribution in [3.8, 4) is 22.8 Å². The molecule has 0 aliphatic rings. The first-order chi connectivity index (χ1) is 18.0. The van der Waals surface area contributed by atoms with E-state index < -0.39 is 0 Å². The number of hydrazone groups is 1. The van der Waals surface area contributed by atoms with Gasteiger partial charge in [0, 0.05) is 16.3 Å². The van der Waals surface area contributed by atoms with E-state index in [1.165, 1.54) is 22.9 Å². The molecule has 0 fully saturated rings. The number of hydrogen-bond donors (Lipinski definition) is 2. The van der Waals surface area contributed by atoms with E-state index in [0.717, 1.165) is 30.0 Å². The lowest BCUT2D eigenvalue weighted by Gasteiger charge is -2.18. The average Bonchev–Trinajstić information content (AvgIpc) is 3.34. The van der Waals surface area contributed by atoms with Crippen molar-refractivity contribution in [1.29, 1.82) is 0 Å². The van der Waals surface area contributed by atoms with Gasteiger partial charge in [0.05, 0.1) is 25.1 Å². The molecule has 3 aromatic carbocycles. The van der Waals surface area contributed by atoms with Crippen LogP contribution in [-0.2, 0) is 4.79 Å². The van der Waals surface area contributed by atoms with Crippen LogP contribution in [0.1, 0.15) is 19.4 Å². The molecule has 0 aliphatic heterocycles. The number of carbonyl (C=O) groups excluding carboxylic acids is 1.